The van der Waals surface area contributed by atoms with Crippen LogP contribution in [0.25, 0.3) is 0 Å². The summed E-state index contributed by atoms with van der Waals surface area (Å²) in [6.07, 6.45) is 0. The number of nitro benzene ring substituents is 1. The van der Waals surface area contributed by atoms with Crippen LogP contribution in [-0.2, 0) is 4.79 Å². The molecule has 0 fully saturated rings. The average Bonchev–Trinajstić information content (AvgIpc) is 2.59. The molecular weight excluding hydrogens is 316 g/mol. The maximum Gasteiger partial charge on any atom is 0.311 e. The third-order valence-corrected chi connectivity index (χ3v) is 3.07. The van der Waals surface area contributed by atoms with Crippen molar-refractivity contribution in [3.63, 3.8) is 0 Å². The van der Waals surface area contributed by atoms with Crippen LogP contribution in [-0.4, -0.2) is 31.7 Å². The average molecular weight is 332 g/mol. The van der Waals surface area contributed by atoms with Gasteiger partial charge in [-0.2, -0.15) is 0 Å². The summed E-state index contributed by atoms with van der Waals surface area (Å²) in [7, 11) is 2.85. The lowest BCUT2D eigenvalue weighted by Gasteiger charge is -2.09. The van der Waals surface area contributed by atoms with Crippen LogP contribution in [0.15, 0.2) is 42.5 Å². The molecule has 0 aliphatic carbocycles. The van der Waals surface area contributed by atoms with Crippen LogP contribution >= 0.6 is 0 Å². The number of carbonyl (C=O) groups is 1. The van der Waals surface area contributed by atoms with E-state index in [2.05, 4.69) is 5.32 Å². The molecule has 0 atom stereocenters. The van der Waals surface area contributed by atoms with Gasteiger partial charge in [-0.3, -0.25) is 14.9 Å². The van der Waals surface area contributed by atoms with Gasteiger partial charge in [-0.05, 0) is 18.2 Å². The number of benzene rings is 2. The number of nitrogens with one attached hydrogen (secondary N) is 1. The van der Waals surface area contributed by atoms with Gasteiger partial charge in [-0.15, -0.1) is 0 Å². The molecule has 0 unspecified atom stereocenters. The van der Waals surface area contributed by atoms with Gasteiger partial charge in [0.25, 0.3) is 5.91 Å². The zero-order valence-electron chi connectivity index (χ0n) is 13.1. The predicted octanol–water partition coefficient (Wildman–Crippen LogP) is 2.63. The minimum absolute atomic E-state index is 0.0608. The summed E-state index contributed by atoms with van der Waals surface area (Å²) in [5.41, 5.74) is 0.398. The molecule has 0 aliphatic heterocycles. The van der Waals surface area contributed by atoms with E-state index in [1.54, 1.807) is 24.3 Å². The Morgan fingerprint density at radius 3 is 2.58 bits per heavy atom. The molecule has 0 radical (unpaired) electrons. The number of hydrogen-bond donors (Lipinski definition) is 1. The summed E-state index contributed by atoms with van der Waals surface area (Å²) in [6, 6.07) is 10.9. The summed E-state index contributed by atoms with van der Waals surface area (Å²) in [6.45, 7) is -0.252. The Kier molecular flexibility index (Phi) is 5.56. The molecule has 1 N–H and O–H groups in total. The second-order valence-electron chi connectivity index (χ2n) is 4.66. The first-order chi connectivity index (χ1) is 11.5. The second kappa shape index (κ2) is 7.82. The summed E-state index contributed by atoms with van der Waals surface area (Å²) in [5, 5.41) is 13.5. The van der Waals surface area contributed by atoms with Crippen molar-refractivity contribution in [3.05, 3.63) is 52.6 Å². The Morgan fingerprint density at radius 2 is 1.92 bits per heavy atom. The Labute approximate surface area is 138 Å². The Morgan fingerprint density at radius 1 is 1.12 bits per heavy atom. The highest BCUT2D eigenvalue weighted by Gasteiger charge is 2.15. The van der Waals surface area contributed by atoms with E-state index in [4.69, 9.17) is 14.2 Å². The normalized spacial score (nSPS) is 9.92. The molecule has 24 heavy (non-hydrogen) atoms. The van der Waals surface area contributed by atoms with Crippen molar-refractivity contribution in [1.29, 1.82) is 0 Å². The van der Waals surface area contributed by atoms with Crippen LogP contribution < -0.4 is 19.5 Å². The van der Waals surface area contributed by atoms with Gasteiger partial charge in [0.05, 0.1) is 19.1 Å². The number of hydrogen-bond acceptors (Lipinski definition) is 6. The zero-order chi connectivity index (χ0) is 17.5. The number of rotatable bonds is 7. The van der Waals surface area contributed by atoms with Gasteiger partial charge in [0, 0.05) is 23.9 Å². The smallest absolute Gasteiger partial charge is 0.311 e. The summed E-state index contributed by atoms with van der Waals surface area (Å²) in [5.74, 6) is 0.596. The van der Waals surface area contributed by atoms with E-state index < -0.39 is 4.92 Å². The second-order valence-corrected chi connectivity index (χ2v) is 4.66. The number of methoxy groups -OCH3 is 2. The SMILES string of the molecule is COc1cccc(NC(=O)COc2ccc([N+](=O)[O-])c(OC)c2)c1. The van der Waals surface area contributed by atoms with Crippen LogP contribution in [0.3, 0.4) is 0 Å². The lowest BCUT2D eigenvalue weighted by molar-refractivity contribution is -0.385. The number of nitro groups is 1. The lowest BCUT2D eigenvalue weighted by Crippen LogP contribution is -2.20. The number of carbonyl (C=O) groups excluding carboxylic acids is 1. The molecule has 0 aliphatic rings. The van der Waals surface area contributed by atoms with Crippen molar-refractivity contribution in [2.75, 3.05) is 26.1 Å². The maximum absolute atomic E-state index is 11.9. The Hall–Kier alpha value is -3.29. The van der Waals surface area contributed by atoms with E-state index >= 15 is 0 Å². The third-order valence-electron chi connectivity index (χ3n) is 3.07. The van der Waals surface area contributed by atoms with Crippen molar-refractivity contribution in [2.24, 2.45) is 0 Å². The van der Waals surface area contributed by atoms with Crippen LogP contribution in [0.1, 0.15) is 0 Å². The summed E-state index contributed by atoms with van der Waals surface area (Å²) < 4.78 is 15.3. The van der Waals surface area contributed by atoms with Gasteiger partial charge in [0.1, 0.15) is 11.5 Å². The maximum atomic E-state index is 11.9. The molecule has 2 rings (SSSR count). The van der Waals surface area contributed by atoms with Crippen LogP contribution in [0.5, 0.6) is 17.2 Å². The molecule has 2 aromatic carbocycles. The van der Waals surface area contributed by atoms with Gasteiger partial charge in [-0.1, -0.05) is 6.07 Å². The van der Waals surface area contributed by atoms with E-state index in [1.807, 2.05) is 0 Å². The number of amides is 1. The highest BCUT2D eigenvalue weighted by molar-refractivity contribution is 5.92. The largest absolute Gasteiger partial charge is 0.497 e. The highest BCUT2D eigenvalue weighted by Crippen LogP contribution is 2.30. The monoisotopic (exact) mass is 332 g/mol. The van der Waals surface area contributed by atoms with Gasteiger partial charge in [0.2, 0.25) is 5.75 Å². The summed E-state index contributed by atoms with van der Waals surface area (Å²) >= 11 is 0. The van der Waals surface area contributed by atoms with Crippen molar-refractivity contribution < 1.29 is 23.9 Å². The standard InChI is InChI=1S/C16H16N2O6/c1-22-12-5-3-4-11(8-12)17-16(19)10-24-13-6-7-14(18(20)21)15(9-13)23-2/h3-9H,10H2,1-2H3,(H,17,19). The predicted molar refractivity (Wildman–Crippen MR) is 86.8 cm³/mol. The first-order valence-electron chi connectivity index (χ1n) is 6.92. The molecule has 0 saturated carbocycles. The number of nitrogens with zero attached hydrogens (tertiary/aromatic N) is 1. The van der Waals surface area contributed by atoms with E-state index in [1.165, 1.54) is 32.4 Å². The van der Waals surface area contributed by atoms with Crippen LogP contribution in [0.4, 0.5) is 11.4 Å². The number of anilines is 1. The quantitative estimate of drug-likeness (QED) is 0.618. The zero-order valence-corrected chi connectivity index (χ0v) is 13.1. The van der Waals surface area contributed by atoms with E-state index in [9.17, 15) is 14.9 Å². The first kappa shape index (κ1) is 17.1. The van der Waals surface area contributed by atoms with Gasteiger partial charge >= 0.3 is 5.69 Å². The first-order valence-corrected chi connectivity index (χ1v) is 6.92. The topological polar surface area (TPSA) is 99.9 Å². The minimum Gasteiger partial charge on any atom is -0.497 e. The molecule has 8 heteroatoms. The molecule has 0 saturated heterocycles. The lowest BCUT2D eigenvalue weighted by atomic mass is 10.3. The minimum atomic E-state index is -0.557. The molecule has 0 bridgehead atoms. The fourth-order valence-corrected chi connectivity index (χ4v) is 1.95. The van der Waals surface area contributed by atoms with Crippen LogP contribution in [0, 0.1) is 10.1 Å². The Balaban J connectivity index is 1.97. The number of ether oxygens (including phenoxy) is 3. The van der Waals surface area contributed by atoms with Gasteiger partial charge in [-0.25, -0.2) is 0 Å². The van der Waals surface area contributed by atoms with E-state index in [0.717, 1.165) is 0 Å². The fraction of sp³-hybridized carbons (Fsp3) is 0.188. The molecule has 8 nitrogen and oxygen atoms in total. The van der Waals surface area contributed by atoms with Gasteiger partial charge in [0.15, 0.2) is 6.61 Å². The molecule has 1 amide bonds. The third kappa shape index (κ3) is 4.35. The molecule has 0 aromatic heterocycles. The van der Waals surface area contributed by atoms with E-state index in [-0.39, 0.29) is 24.0 Å². The summed E-state index contributed by atoms with van der Waals surface area (Å²) in [4.78, 5) is 22.2. The van der Waals surface area contributed by atoms with Crippen molar-refractivity contribution in [1.82, 2.24) is 0 Å². The molecule has 0 heterocycles. The van der Waals surface area contributed by atoms with Crippen molar-refractivity contribution in [3.8, 4) is 17.2 Å². The Bertz CT molecular complexity index is 747. The highest BCUT2D eigenvalue weighted by atomic mass is 16.6. The van der Waals surface area contributed by atoms with Crippen molar-refractivity contribution in [2.45, 2.75) is 0 Å². The molecule has 0 spiro atoms. The molecule has 126 valence electrons. The van der Waals surface area contributed by atoms with E-state index in [0.29, 0.717) is 17.2 Å². The van der Waals surface area contributed by atoms with Crippen LogP contribution in [0.2, 0.25) is 0 Å². The van der Waals surface area contributed by atoms with Gasteiger partial charge < -0.3 is 19.5 Å². The fourth-order valence-electron chi connectivity index (χ4n) is 1.95. The van der Waals surface area contributed by atoms with Crippen molar-refractivity contribution >= 4 is 17.3 Å². The molecule has 2 aromatic rings. The molecular formula is C16H16N2O6.